The van der Waals surface area contributed by atoms with Crippen LogP contribution in [0.1, 0.15) is 26.3 Å². The van der Waals surface area contributed by atoms with E-state index in [1.807, 2.05) is 36.4 Å². The van der Waals surface area contributed by atoms with Crippen molar-refractivity contribution in [1.29, 1.82) is 0 Å². The molecule has 0 aromatic heterocycles. The summed E-state index contributed by atoms with van der Waals surface area (Å²) in [4.78, 5) is 28.4. The predicted molar refractivity (Wildman–Crippen MR) is 110 cm³/mol. The van der Waals surface area contributed by atoms with E-state index in [1.54, 1.807) is 18.2 Å². The van der Waals surface area contributed by atoms with Gasteiger partial charge in [-0.05, 0) is 17.7 Å². The minimum Gasteiger partial charge on any atom is -0.378 e. The highest BCUT2D eigenvalue weighted by molar-refractivity contribution is 6.38. The first-order valence-electron chi connectivity index (χ1n) is 9.48. The van der Waals surface area contributed by atoms with Crippen LogP contribution < -0.4 is 4.90 Å². The molecule has 0 bridgehead atoms. The number of ketones is 2. The lowest BCUT2D eigenvalue weighted by Crippen LogP contribution is -2.36. The molecule has 0 saturated carbocycles. The molecule has 1 saturated heterocycles. The summed E-state index contributed by atoms with van der Waals surface area (Å²) in [6, 6.07) is 18.8. The van der Waals surface area contributed by atoms with Gasteiger partial charge in [-0.3, -0.25) is 9.59 Å². The van der Waals surface area contributed by atoms with Gasteiger partial charge in [0.15, 0.2) is 11.6 Å². The van der Waals surface area contributed by atoms with Gasteiger partial charge in [-0.1, -0.05) is 54.6 Å². The van der Waals surface area contributed by atoms with Crippen LogP contribution in [0, 0.1) is 0 Å². The fourth-order valence-corrected chi connectivity index (χ4v) is 4.09. The SMILES string of the molecule is O=C(C1=Cc2ccc(N3CCOCC3)c3cccc(c23)C1=O)c1ccccc1. The Balaban J connectivity index is 1.65. The van der Waals surface area contributed by atoms with Crippen LogP contribution in [0.3, 0.4) is 0 Å². The Morgan fingerprint density at radius 3 is 2.46 bits per heavy atom. The highest BCUT2D eigenvalue weighted by atomic mass is 16.5. The summed E-state index contributed by atoms with van der Waals surface area (Å²) in [5.41, 5.74) is 3.39. The number of Topliss-reactive ketones (excluding diaryl/α,β-unsaturated/α-hetero) is 2. The molecule has 0 N–H and O–H groups in total. The summed E-state index contributed by atoms with van der Waals surface area (Å²) in [6.07, 6.45) is 1.75. The van der Waals surface area contributed by atoms with Crippen LogP contribution in [-0.4, -0.2) is 37.9 Å². The van der Waals surface area contributed by atoms with E-state index in [0.29, 0.717) is 24.3 Å². The van der Waals surface area contributed by atoms with E-state index in [4.69, 9.17) is 4.74 Å². The second kappa shape index (κ2) is 6.73. The van der Waals surface area contributed by atoms with E-state index in [0.717, 1.165) is 35.1 Å². The zero-order valence-corrected chi connectivity index (χ0v) is 15.4. The third kappa shape index (κ3) is 2.65. The first kappa shape index (κ1) is 16.9. The van der Waals surface area contributed by atoms with Crippen molar-refractivity contribution in [3.8, 4) is 0 Å². The Morgan fingerprint density at radius 1 is 0.893 bits per heavy atom. The molecule has 0 radical (unpaired) electrons. The quantitative estimate of drug-likeness (QED) is 0.514. The number of allylic oxidation sites excluding steroid dienone is 1. The standard InChI is InChI=1S/C24H19NO3/c26-23(16-5-2-1-3-6-16)20-15-17-9-10-21(25-11-13-28-14-12-25)18-7-4-8-19(22(17)18)24(20)27/h1-10,15H,11-14H2. The monoisotopic (exact) mass is 369 g/mol. The zero-order chi connectivity index (χ0) is 19.1. The Kier molecular flexibility index (Phi) is 4.06. The molecular formula is C24H19NO3. The fraction of sp³-hybridized carbons (Fsp3) is 0.167. The lowest BCUT2D eigenvalue weighted by Gasteiger charge is -2.31. The smallest absolute Gasteiger partial charge is 0.197 e. The molecule has 138 valence electrons. The number of morpholine rings is 1. The maximum absolute atomic E-state index is 13.2. The zero-order valence-electron chi connectivity index (χ0n) is 15.4. The Labute approximate surface area is 163 Å². The van der Waals surface area contributed by atoms with Crippen molar-refractivity contribution in [2.24, 2.45) is 0 Å². The molecule has 1 aliphatic heterocycles. The number of anilines is 1. The Bertz CT molecular complexity index is 1130. The van der Waals surface area contributed by atoms with E-state index in [1.165, 1.54) is 0 Å². The van der Waals surface area contributed by atoms with Crippen molar-refractivity contribution in [2.45, 2.75) is 0 Å². The third-order valence-corrected chi connectivity index (χ3v) is 5.47. The first-order chi connectivity index (χ1) is 13.7. The normalized spacial score (nSPS) is 16.2. The number of hydrogen-bond donors (Lipinski definition) is 0. The van der Waals surface area contributed by atoms with Gasteiger partial charge in [0, 0.05) is 40.7 Å². The van der Waals surface area contributed by atoms with E-state index >= 15 is 0 Å². The molecule has 0 atom stereocenters. The van der Waals surface area contributed by atoms with Gasteiger partial charge < -0.3 is 9.64 Å². The third-order valence-electron chi connectivity index (χ3n) is 5.47. The van der Waals surface area contributed by atoms with Crippen LogP contribution >= 0.6 is 0 Å². The van der Waals surface area contributed by atoms with Crippen molar-refractivity contribution < 1.29 is 14.3 Å². The summed E-state index contributed by atoms with van der Waals surface area (Å²) in [5, 5.41) is 1.98. The molecule has 4 heteroatoms. The number of hydrogen-bond acceptors (Lipinski definition) is 4. The Hall–Kier alpha value is -3.24. The number of nitrogens with zero attached hydrogens (tertiary/aromatic N) is 1. The average Bonchev–Trinajstić information content (AvgIpc) is 2.77. The number of carbonyl (C=O) groups excluding carboxylic acids is 2. The number of ether oxygens (including phenoxy) is 1. The lowest BCUT2D eigenvalue weighted by atomic mass is 9.84. The highest BCUT2D eigenvalue weighted by Gasteiger charge is 2.28. The molecule has 1 heterocycles. The van der Waals surface area contributed by atoms with E-state index < -0.39 is 0 Å². The minimum atomic E-state index is -0.231. The van der Waals surface area contributed by atoms with Crippen molar-refractivity contribution in [3.63, 3.8) is 0 Å². The largest absolute Gasteiger partial charge is 0.378 e. The van der Waals surface area contributed by atoms with Crippen LogP contribution in [0.2, 0.25) is 0 Å². The summed E-state index contributed by atoms with van der Waals surface area (Å²) < 4.78 is 5.47. The van der Waals surface area contributed by atoms with E-state index in [2.05, 4.69) is 17.0 Å². The topological polar surface area (TPSA) is 46.6 Å². The molecule has 1 fully saturated rings. The molecule has 3 aromatic rings. The molecular weight excluding hydrogens is 350 g/mol. The fourth-order valence-electron chi connectivity index (χ4n) is 4.09. The van der Waals surface area contributed by atoms with Crippen molar-refractivity contribution in [2.75, 3.05) is 31.2 Å². The van der Waals surface area contributed by atoms with Crippen molar-refractivity contribution >= 4 is 34.1 Å². The van der Waals surface area contributed by atoms with Crippen LogP contribution in [0.4, 0.5) is 5.69 Å². The number of rotatable bonds is 3. The molecule has 2 aliphatic rings. The maximum atomic E-state index is 13.2. The molecule has 0 unspecified atom stereocenters. The summed E-state index contributed by atoms with van der Waals surface area (Å²) in [7, 11) is 0. The molecule has 4 nitrogen and oxygen atoms in total. The molecule has 5 rings (SSSR count). The average molecular weight is 369 g/mol. The maximum Gasteiger partial charge on any atom is 0.197 e. The molecule has 1 aliphatic carbocycles. The highest BCUT2D eigenvalue weighted by Crippen LogP contribution is 2.37. The Morgan fingerprint density at radius 2 is 1.68 bits per heavy atom. The molecule has 28 heavy (non-hydrogen) atoms. The second-order valence-electron chi connectivity index (χ2n) is 7.08. The van der Waals surface area contributed by atoms with Gasteiger partial charge in [0.2, 0.25) is 0 Å². The second-order valence-corrected chi connectivity index (χ2v) is 7.08. The number of benzene rings is 3. The predicted octanol–water partition coefficient (Wildman–Crippen LogP) is 4.14. The van der Waals surface area contributed by atoms with Gasteiger partial charge in [-0.2, -0.15) is 0 Å². The van der Waals surface area contributed by atoms with Gasteiger partial charge in [-0.25, -0.2) is 0 Å². The summed E-state index contributed by atoms with van der Waals surface area (Å²) >= 11 is 0. The van der Waals surface area contributed by atoms with Crippen molar-refractivity contribution in [1.82, 2.24) is 0 Å². The number of carbonyl (C=O) groups is 2. The van der Waals surface area contributed by atoms with Gasteiger partial charge in [-0.15, -0.1) is 0 Å². The minimum absolute atomic E-state index is 0.203. The van der Waals surface area contributed by atoms with E-state index in [9.17, 15) is 9.59 Å². The molecule has 3 aromatic carbocycles. The summed E-state index contributed by atoms with van der Waals surface area (Å²) in [5.74, 6) is -0.434. The van der Waals surface area contributed by atoms with Crippen LogP contribution in [0.25, 0.3) is 16.8 Å². The van der Waals surface area contributed by atoms with Gasteiger partial charge in [0.25, 0.3) is 0 Å². The molecule has 0 spiro atoms. The molecule has 0 amide bonds. The first-order valence-corrected chi connectivity index (χ1v) is 9.48. The summed E-state index contributed by atoms with van der Waals surface area (Å²) in [6.45, 7) is 3.08. The van der Waals surface area contributed by atoms with Crippen molar-refractivity contribution in [3.05, 3.63) is 82.9 Å². The van der Waals surface area contributed by atoms with Gasteiger partial charge >= 0.3 is 0 Å². The van der Waals surface area contributed by atoms with E-state index in [-0.39, 0.29) is 17.1 Å². The lowest BCUT2D eigenvalue weighted by molar-refractivity contribution is 0.0964. The van der Waals surface area contributed by atoms with Crippen LogP contribution in [0.5, 0.6) is 0 Å². The van der Waals surface area contributed by atoms with Gasteiger partial charge in [0.05, 0.1) is 18.8 Å². The van der Waals surface area contributed by atoms with Crippen LogP contribution in [-0.2, 0) is 4.74 Å². The van der Waals surface area contributed by atoms with Crippen LogP contribution in [0.15, 0.2) is 66.2 Å². The van der Waals surface area contributed by atoms with Gasteiger partial charge in [0.1, 0.15) is 0 Å².